The number of halogens is 2. The number of carbonyl (C=O) groups excluding carboxylic acids is 2. The number of nitriles is 1. The molecule has 0 bridgehead atoms. The first kappa shape index (κ1) is 28.4. The average molecular weight is 609 g/mol. The summed E-state index contributed by atoms with van der Waals surface area (Å²) in [5, 5.41) is 27.0. The molecular formula is C29H26F2N6O5S. The van der Waals surface area contributed by atoms with E-state index in [4.69, 9.17) is 4.74 Å². The zero-order chi connectivity index (χ0) is 30.8. The molecule has 222 valence electrons. The molecule has 4 aromatic rings. The summed E-state index contributed by atoms with van der Waals surface area (Å²) in [6.45, 7) is 5.83. The van der Waals surface area contributed by atoms with Gasteiger partial charge < -0.3 is 19.6 Å². The topological polar surface area (TPSA) is 141 Å². The van der Waals surface area contributed by atoms with Crippen molar-refractivity contribution in [2.45, 2.75) is 45.4 Å². The van der Waals surface area contributed by atoms with Gasteiger partial charge in [-0.2, -0.15) is 10.4 Å². The van der Waals surface area contributed by atoms with Gasteiger partial charge in [-0.05, 0) is 44.9 Å². The molecule has 1 fully saturated rings. The highest BCUT2D eigenvalue weighted by molar-refractivity contribution is 7.23. The standard InChI is InChI=1S/C29H26F2N6O5S/c1-29(2,3)42-27(39)34-25-17(11-32)22-15(4-5-19(30)24(22)43-25)21-18-12-33-37-7-6-14-13-35(28(40)41)8-9-36(14)26(38)16(23(18)37)10-20(21)31/h4-5,10,12,14H,6-9,13H2,1-3H3,(H,34,39)(H,40,41)/t14-/m0/s1. The Hall–Kier alpha value is -4.77. The highest BCUT2D eigenvalue weighted by Crippen LogP contribution is 2.45. The number of hydrogen-bond donors (Lipinski definition) is 2. The third-order valence-electron chi connectivity index (χ3n) is 7.58. The molecule has 0 spiro atoms. The van der Waals surface area contributed by atoms with Crippen LogP contribution in [0.2, 0.25) is 0 Å². The number of fused-ring (bicyclic) bond motifs is 2. The Labute approximate surface area is 247 Å². The number of benzene rings is 2. The zero-order valence-electron chi connectivity index (χ0n) is 23.4. The minimum Gasteiger partial charge on any atom is -0.465 e. The van der Waals surface area contributed by atoms with Crippen LogP contribution in [-0.2, 0) is 11.3 Å². The zero-order valence-corrected chi connectivity index (χ0v) is 24.2. The summed E-state index contributed by atoms with van der Waals surface area (Å²) in [6.07, 6.45) is -0.0207. The van der Waals surface area contributed by atoms with Crippen molar-refractivity contribution in [2.24, 2.45) is 0 Å². The molecule has 4 heterocycles. The van der Waals surface area contributed by atoms with Crippen molar-refractivity contribution in [3.63, 3.8) is 0 Å². The van der Waals surface area contributed by atoms with E-state index in [0.29, 0.717) is 23.9 Å². The van der Waals surface area contributed by atoms with Gasteiger partial charge >= 0.3 is 12.2 Å². The Balaban J connectivity index is 1.50. The number of nitrogens with one attached hydrogen (secondary N) is 1. The van der Waals surface area contributed by atoms with E-state index in [0.717, 1.165) is 23.5 Å². The van der Waals surface area contributed by atoms with Gasteiger partial charge in [0.05, 0.1) is 33.6 Å². The van der Waals surface area contributed by atoms with Gasteiger partial charge in [-0.1, -0.05) is 6.07 Å². The second-order valence-electron chi connectivity index (χ2n) is 11.4. The molecule has 3 amide bonds. The van der Waals surface area contributed by atoms with Crippen molar-refractivity contribution in [1.82, 2.24) is 19.6 Å². The summed E-state index contributed by atoms with van der Waals surface area (Å²) < 4.78 is 38.2. The lowest BCUT2D eigenvalue weighted by Gasteiger charge is -2.41. The van der Waals surface area contributed by atoms with E-state index < -0.39 is 41.4 Å². The first-order valence-corrected chi connectivity index (χ1v) is 14.3. The lowest BCUT2D eigenvalue weighted by atomic mass is 9.93. The van der Waals surface area contributed by atoms with Crippen LogP contribution < -0.4 is 5.32 Å². The van der Waals surface area contributed by atoms with E-state index in [1.165, 1.54) is 17.2 Å². The molecular weight excluding hydrogens is 582 g/mol. The van der Waals surface area contributed by atoms with Gasteiger partial charge in [-0.15, -0.1) is 11.3 Å². The van der Waals surface area contributed by atoms with Crippen LogP contribution in [0.15, 0.2) is 24.4 Å². The number of ether oxygens (including phenoxy) is 1. The lowest BCUT2D eigenvalue weighted by Crippen LogP contribution is -2.57. The number of hydrogen-bond acceptors (Lipinski definition) is 7. The van der Waals surface area contributed by atoms with Crippen LogP contribution in [0, 0.1) is 23.0 Å². The molecule has 2 aliphatic heterocycles. The summed E-state index contributed by atoms with van der Waals surface area (Å²) in [5.74, 6) is -1.87. The maximum absolute atomic E-state index is 16.2. The fraction of sp³-hybridized carbons (Fsp3) is 0.345. The van der Waals surface area contributed by atoms with Crippen LogP contribution >= 0.6 is 11.3 Å². The molecule has 1 saturated heterocycles. The molecule has 43 heavy (non-hydrogen) atoms. The van der Waals surface area contributed by atoms with Gasteiger partial charge in [-0.3, -0.25) is 14.8 Å². The first-order chi connectivity index (χ1) is 20.4. The Morgan fingerprint density at radius 2 is 1.95 bits per heavy atom. The summed E-state index contributed by atoms with van der Waals surface area (Å²) in [5.41, 5.74) is -0.163. The number of amides is 3. The molecule has 11 nitrogen and oxygen atoms in total. The van der Waals surface area contributed by atoms with Crippen LogP contribution in [-0.4, -0.2) is 74.1 Å². The Morgan fingerprint density at radius 3 is 2.65 bits per heavy atom. The maximum Gasteiger partial charge on any atom is 0.412 e. The summed E-state index contributed by atoms with van der Waals surface area (Å²) >= 11 is 0.835. The van der Waals surface area contributed by atoms with E-state index in [-0.39, 0.29) is 57.0 Å². The molecule has 14 heteroatoms. The molecule has 2 aromatic carbocycles. The summed E-state index contributed by atoms with van der Waals surface area (Å²) in [6, 6.07) is 5.28. The second-order valence-corrected chi connectivity index (χ2v) is 12.4. The molecule has 0 aliphatic carbocycles. The van der Waals surface area contributed by atoms with Crippen molar-refractivity contribution < 1.29 is 33.0 Å². The Kier molecular flexibility index (Phi) is 6.72. The predicted molar refractivity (Wildman–Crippen MR) is 154 cm³/mol. The number of anilines is 1. The van der Waals surface area contributed by atoms with Gasteiger partial charge in [0.15, 0.2) is 0 Å². The number of carbonyl (C=O) groups is 3. The highest BCUT2D eigenvalue weighted by atomic mass is 32.1. The van der Waals surface area contributed by atoms with Crippen LogP contribution in [0.3, 0.4) is 0 Å². The lowest BCUT2D eigenvalue weighted by molar-refractivity contribution is 0.0417. The van der Waals surface area contributed by atoms with Gasteiger partial charge in [-0.25, -0.2) is 18.4 Å². The normalized spacial score (nSPS) is 16.9. The third kappa shape index (κ3) is 4.79. The van der Waals surface area contributed by atoms with Crippen molar-refractivity contribution in [2.75, 3.05) is 25.0 Å². The minimum absolute atomic E-state index is 0.0359. The van der Waals surface area contributed by atoms with Crippen molar-refractivity contribution in [3.05, 3.63) is 47.2 Å². The number of thiophene rings is 1. The summed E-state index contributed by atoms with van der Waals surface area (Å²) in [7, 11) is 0. The van der Waals surface area contributed by atoms with Gasteiger partial charge in [0.25, 0.3) is 5.91 Å². The molecule has 0 radical (unpaired) electrons. The molecule has 6 rings (SSSR count). The SMILES string of the molecule is CC(C)(C)OC(=O)Nc1sc2c(F)ccc(-c3c(F)cc4c5c3cnn5CC[C@H]3CN(C(=O)O)CCN3C4=O)c2c1C#N. The third-order valence-corrected chi connectivity index (χ3v) is 8.69. The average Bonchev–Trinajstić information content (AvgIpc) is 3.51. The molecule has 0 unspecified atom stereocenters. The fourth-order valence-electron chi connectivity index (χ4n) is 5.80. The van der Waals surface area contributed by atoms with Crippen molar-refractivity contribution in [3.8, 4) is 17.2 Å². The van der Waals surface area contributed by atoms with Crippen LogP contribution in [0.4, 0.5) is 23.4 Å². The number of rotatable bonds is 2. The second kappa shape index (κ2) is 10.2. The smallest absolute Gasteiger partial charge is 0.412 e. The Morgan fingerprint density at radius 1 is 1.19 bits per heavy atom. The Bertz CT molecular complexity index is 1890. The summed E-state index contributed by atoms with van der Waals surface area (Å²) in [4.78, 5) is 40.6. The molecule has 0 saturated carbocycles. The van der Waals surface area contributed by atoms with Crippen LogP contribution in [0.25, 0.3) is 32.1 Å². The largest absolute Gasteiger partial charge is 0.465 e. The first-order valence-electron chi connectivity index (χ1n) is 13.5. The van der Waals surface area contributed by atoms with Crippen molar-refractivity contribution in [1.29, 1.82) is 5.26 Å². The van der Waals surface area contributed by atoms with E-state index in [1.807, 2.05) is 6.07 Å². The van der Waals surface area contributed by atoms with Crippen LogP contribution in [0.5, 0.6) is 0 Å². The van der Waals surface area contributed by atoms with Gasteiger partial charge in [0, 0.05) is 42.5 Å². The van der Waals surface area contributed by atoms with Gasteiger partial charge in [0.1, 0.15) is 28.3 Å². The molecule has 2 N–H and O–H groups in total. The van der Waals surface area contributed by atoms with Crippen LogP contribution in [0.1, 0.15) is 43.1 Å². The van der Waals surface area contributed by atoms with E-state index in [9.17, 15) is 24.8 Å². The quantitative estimate of drug-likeness (QED) is 0.301. The fourth-order valence-corrected chi connectivity index (χ4v) is 6.86. The monoisotopic (exact) mass is 608 g/mol. The minimum atomic E-state index is -1.06. The van der Waals surface area contributed by atoms with Gasteiger partial charge in [0.2, 0.25) is 0 Å². The number of piperazine rings is 1. The maximum atomic E-state index is 16.2. The molecule has 2 aromatic heterocycles. The number of aryl methyl sites for hydroxylation is 1. The van der Waals surface area contributed by atoms with E-state index in [2.05, 4.69) is 10.4 Å². The van der Waals surface area contributed by atoms with E-state index >= 15 is 8.78 Å². The number of nitrogens with zero attached hydrogens (tertiary/aromatic N) is 5. The van der Waals surface area contributed by atoms with E-state index in [1.54, 1.807) is 30.4 Å². The number of carboxylic acid groups (broad SMARTS) is 1. The predicted octanol–water partition coefficient (Wildman–Crippen LogP) is 5.62. The molecule has 1 atom stereocenters. The number of aromatic nitrogens is 2. The highest BCUT2D eigenvalue weighted by Gasteiger charge is 2.37. The molecule has 2 aliphatic rings. The van der Waals surface area contributed by atoms with Crippen molar-refractivity contribution >= 4 is 55.4 Å².